The summed E-state index contributed by atoms with van der Waals surface area (Å²) in [5, 5.41) is 0. The average Bonchev–Trinajstić information content (AvgIpc) is 2.45. The highest BCUT2D eigenvalue weighted by atomic mass is 32.2. The Balaban J connectivity index is 2.14. The largest absolute Gasteiger partial charge is 0.497 e. The van der Waals surface area contributed by atoms with Crippen LogP contribution in [0.4, 0.5) is 0 Å². The van der Waals surface area contributed by atoms with Gasteiger partial charge in [0.15, 0.2) is 0 Å². The molecule has 1 N–H and O–H groups in total. The average molecular weight is 335 g/mol. The Labute approximate surface area is 135 Å². The van der Waals surface area contributed by atoms with E-state index in [4.69, 9.17) is 9.47 Å². The number of hydrogen-bond acceptors (Lipinski definition) is 5. The van der Waals surface area contributed by atoms with E-state index in [1.807, 2.05) is 23.8 Å². The lowest BCUT2D eigenvalue weighted by Crippen LogP contribution is -2.29. The number of sulfonamides is 1. The predicted molar refractivity (Wildman–Crippen MR) is 86.6 cm³/mol. The first-order chi connectivity index (χ1) is 10.8. The van der Waals surface area contributed by atoms with Gasteiger partial charge in [-0.3, -0.25) is 4.79 Å². The second kappa shape index (κ2) is 6.70. The van der Waals surface area contributed by atoms with Crippen LogP contribution in [0.2, 0.25) is 0 Å². The molecule has 0 aromatic heterocycles. The highest BCUT2D eigenvalue weighted by Gasteiger charge is 2.11. The van der Waals surface area contributed by atoms with Crippen molar-refractivity contribution < 1.29 is 22.7 Å². The topological polar surface area (TPSA) is 81.7 Å². The molecule has 0 fully saturated rings. The molecule has 23 heavy (non-hydrogen) atoms. The van der Waals surface area contributed by atoms with Gasteiger partial charge in [0.25, 0.3) is 5.91 Å². The quantitative estimate of drug-likeness (QED) is 0.908. The van der Waals surface area contributed by atoms with Gasteiger partial charge in [-0.15, -0.1) is 0 Å². The highest BCUT2D eigenvalue weighted by Crippen LogP contribution is 2.27. The summed E-state index contributed by atoms with van der Waals surface area (Å²) in [7, 11) is -2.01. The Bertz CT molecular complexity index is 813. The van der Waals surface area contributed by atoms with Gasteiger partial charge in [-0.1, -0.05) is 0 Å². The molecule has 0 atom stereocenters. The maximum absolute atomic E-state index is 11.7. The van der Waals surface area contributed by atoms with Crippen LogP contribution in [-0.2, 0) is 10.0 Å². The van der Waals surface area contributed by atoms with Gasteiger partial charge in [-0.2, -0.15) is 0 Å². The molecule has 2 aromatic rings. The molecule has 0 bridgehead atoms. The van der Waals surface area contributed by atoms with Gasteiger partial charge in [-0.05, 0) is 48.9 Å². The van der Waals surface area contributed by atoms with E-state index in [1.54, 1.807) is 25.3 Å². The number of benzene rings is 2. The fourth-order valence-corrected chi connectivity index (χ4v) is 2.38. The Morgan fingerprint density at radius 1 is 1.00 bits per heavy atom. The molecule has 0 aliphatic carbocycles. The van der Waals surface area contributed by atoms with Crippen molar-refractivity contribution in [1.29, 1.82) is 0 Å². The van der Waals surface area contributed by atoms with E-state index in [2.05, 4.69) is 0 Å². The van der Waals surface area contributed by atoms with E-state index in [0.717, 1.165) is 11.8 Å². The molecule has 0 saturated carbocycles. The fraction of sp³-hybridized carbons (Fsp3) is 0.188. The van der Waals surface area contributed by atoms with Crippen molar-refractivity contribution in [3.05, 3.63) is 53.6 Å². The van der Waals surface area contributed by atoms with Crippen LogP contribution in [0.5, 0.6) is 17.2 Å². The molecule has 0 saturated heterocycles. The number of amides is 1. The highest BCUT2D eigenvalue weighted by molar-refractivity contribution is 7.89. The van der Waals surface area contributed by atoms with Crippen molar-refractivity contribution in [3.8, 4) is 17.2 Å². The van der Waals surface area contributed by atoms with Crippen molar-refractivity contribution in [3.63, 3.8) is 0 Å². The standard InChI is InChI=1S/C16H17NO5S/c1-11-8-14(21-2)10-15(9-11)22-13-6-4-12(5-7-13)16(18)17-23(3,19)20/h4-10H,1-3H3,(H,17,18). The number of ether oxygens (including phenoxy) is 2. The first kappa shape index (κ1) is 16.8. The third kappa shape index (κ3) is 5.00. The number of methoxy groups -OCH3 is 1. The molecule has 0 aliphatic rings. The summed E-state index contributed by atoms with van der Waals surface area (Å²) in [6, 6.07) is 11.6. The number of aryl methyl sites for hydroxylation is 1. The zero-order chi connectivity index (χ0) is 17.0. The van der Waals surface area contributed by atoms with Crippen molar-refractivity contribution in [1.82, 2.24) is 4.72 Å². The molecule has 0 radical (unpaired) electrons. The zero-order valence-electron chi connectivity index (χ0n) is 13.0. The molecule has 1 amide bonds. The molecular weight excluding hydrogens is 318 g/mol. The van der Waals surface area contributed by atoms with Gasteiger partial charge in [0.05, 0.1) is 13.4 Å². The van der Waals surface area contributed by atoms with Crippen LogP contribution >= 0.6 is 0 Å². The minimum atomic E-state index is -3.59. The van der Waals surface area contributed by atoms with Crippen molar-refractivity contribution >= 4 is 15.9 Å². The maximum Gasteiger partial charge on any atom is 0.264 e. The van der Waals surface area contributed by atoms with Crippen molar-refractivity contribution in [2.24, 2.45) is 0 Å². The van der Waals surface area contributed by atoms with Gasteiger partial charge >= 0.3 is 0 Å². The zero-order valence-corrected chi connectivity index (χ0v) is 13.8. The van der Waals surface area contributed by atoms with Gasteiger partial charge in [0.2, 0.25) is 10.0 Å². The summed E-state index contributed by atoms with van der Waals surface area (Å²) in [4.78, 5) is 11.7. The van der Waals surface area contributed by atoms with Crippen LogP contribution in [0.15, 0.2) is 42.5 Å². The smallest absolute Gasteiger partial charge is 0.264 e. The monoisotopic (exact) mass is 335 g/mol. The molecule has 0 aliphatic heterocycles. The van der Waals surface area contributed by atoms with Gasteiger partial charge in [-0.25, -0.2) is 13.1 Å². The van der Waals surface area contributed by atoms with Crippen LogP contribution in [-0.4, -0.2) is 27.7 Å². The molecule has 7 heteroatoms. The normalized spacial score (nSPS) is 10.9. The summed E-state index contributed by atoms with van der Waals surface area (Å²) < 4.78 is 34.9. The number of nitrogens with one attached hydrogen (secondary N) is 1. The first-order valence-corrected chi connectivity index (χ1v) is 8.62. The molecule has 6 nitrogen and oxygen atoms in total. The molecule has 122 valence electrons. The molecule has 0 heterocycles. The van der Waals surface area contributed by atoms with Crippen LogP contribution in [0, 0.1) is 6.92 Å². The molecular formula is C16H17NO5S. The summed E-state index contributed by atoms with van der Waals surface area (Å²) in [6.45, 7) is 1.92. The van der Waals surface area contributed by atoms with E-state index >= 15 is 0 Å². The lowest BCUT2D eigenvalue weighted by atomic mass is 10.2. The minimum Gasteiger partial charge on any atom is -0.497 e. The van der Waals surface area contributed by atoms with Crippen LogP contribution in [0.1, 0.15) is 15.9 Å². The van der Waals surface area contributed by atoms with E-state index < -0.39 is 15.9 Å². The third-order valence-corrected chi connectivity index (χ3v) is 3.45. The fourth-order valence-electron chi connectivity index (χ4n) is 1.93. The molecule has 0 spiro atoms. The summed E-state index contributed by atoms with van der Waals surface area (Å²) >= 11 is 0. The number of carbonyl (C=O) groups excluding carboxylic acids is 1. The van der Waals surface area contributed by atoms with E-state index in [9.17, 15) is 13.2 Å². The Morgan fingerprint density at radius 3 is 2.17 bits per heavy atom. The molecule has 2 aromatic carbocycles. The number of hydrogen-bond donors (Lipinski definition) is 1. The van der Waals surface area contributed by atoms with Crippen LogP contribution in [0.25, 0.3) is 0 Å². The molecule has 0 unspecified atom stereocenters. The second-order valence-electron chi connectivity index (χ2n) is 5.02. The van der Waals surface area contributed by atoms with Gasteiger partial charge in [0.1, 0.15) is 17.2 Å². The first-order valence-electron chi connectivity index (χ1n) is 6.72. The predicted octanol–water partition coefficient (Wildman–Crippen LogP) is 2.49. The minimum absolute atomic E-state index is 0.226. The van der Waals surface area contributed by atoms with Crippen molar-refractivity contribution in [2.75, 3.05) is 13.4 Å². The van der Waals surface area contributed by atoms with E-state index in [-0.39, 0.29) is 5.56 Å². The Morgan fingerprint density at radius 2 is 1.61 bits per heavy atom. The van der Waals surface area contributed by atoms with Crippen LogP contribution in [0.3, 0.4) is 0 Å². The Hall–Kier alpha value is -2.54. The lowest BCUT2D eigenvalue weighted by molar-refractivity contribution is 0.0981. The number of rotatable bonds is 5. The second-order valence-corrected chi connectivity index (χ2v) is 6.76. The number of carbonyl (C=O) groups is 1. The molecule has 2 rings (SSSR count). The summed E-state index contributed by atoms with van der Waals surface area (Å²) in [6.07, 6.45) is 0.924. The third-order valence-electron chi connectivity index (χ3n) is 2.89. The SMILES string of the molecule is COc1cc(C)cc(Oc2ccc(C(=O)NS(C)(=O)=O)cc2)c1. The van der Waals surface area contributed by atoms with E-state index in [1.165, 1.54) is 12.1 Å². The van der Waals surface area contributed by atoms with Crippen molar-refractivity contribution in [2.45, 2.75) is 6.92 Å². The van der Waals surface area contributed by atoms with Gasteiger partial charge < -0.3 is 9.47 Å². The Kier molecular flexibility index (Phi) is 4.90. The van der Waals surface area contributed by atoms with Gasteiger partial charge in [0, 0.05) is 11.6 Å². The summed E-state index contributed by atoms with van der Waals surface area (Å²) in [5.41, 5.74) is 1.22. The van der Waals surface area contributed by atoms with Crippen LogP contribution < -0.4 is 14.2 Å². The summed E-state index contributed by atoms with van der Waals surface area (Å²) in [5.74, 6) is 1.13. The van der Waals surface area contributed by atoms with E-state index in [0.29, 0.717) is 17.2 Å². The lowest BCUT2D eigenvalue weighted by Gasteiger charge is -2.09. The maximum atomic E-state index is 11.7.